The summed E-state index contributed by atoms with van der Waals surface area (Å²) in [6.07, 6.45) is 0. The van der Waals surface area contributed by atoms with E-state index in [1.54, 1.807) is 17.7 Å². The lowest BCUT2D eigenvalue weighted by Gasteiger charge is -2.10. The maximum absolute atomic E-state index is 11.8. The average molecular weight is 264 g/mol. The van der Waals surface area contributed by atoms with Crippen LogP contribution in [-0.4, -0.2) is 11.7 Å². The summed E-state index contributed by atoms with van der Waals surface area (Å²) in [4.78, 5) is 13.0. The van der Waals surface area contributed by atoms with Crippen molar-refractivity contribution in [2.75, 3.05) is 12.8 Å². The minimum atomic E-state index is 0.0591. The molecule has 0 aliphatic carbocycles. The smallest absolute Gasteiger partial charge is 0.307 e. The van der Waals surface area contributed by atoms with Gasteiger partial charge in [0.1, 0.15) is 5.75 Å². The molecule has 4 nitrogen and oxygen atoms in total. The molecule has 2 rings (SSSR count). The second-order valence-corrected chi connectivity index (χ2v) is 5.33. The van der Waals surface area contributed by atoms with Crippen molar-refractivity contribution in [3.8, 4) is 5.75 Å². The van der Waals surface area contributed by atoms with Crippen molar-refractivity contribution in [1.82, 2.24) is 4.57 Å². The minimum absolute atomic E-state index is 0.0591. The highest BCUT2D eigenvalue weighted by Gasteiger charge is 2.10. The van der Waals surface area contributed by atoms with Crippen LogP contribution in [0.2, 0.25) is 0 Å². The van der Waals surface area contributed by atoms with Crippen LogP contribution in [0, 0.1) is 13.8 Å². The first-order valence-corrected chi connectivity index (χ1v) is 6.43. The number of anilines is 1. The lowest BCUT2D eigenvalue weighted by molar-refractivity contribution is 0.408. The molecule has 0 unspecified atom stereocenters. The molecule has 0 fully saturated rings. The Bertz CT molecular complexity index is 628. The van der Waals surface area contributed by atoms with Gasteiger partial charge in [-0.05, 0) is 19.9 Å². The number of methoxy groups -OCH3 is 1. The fourth-order valence-electron chi connectivity index (χ4n) is 1.83. The van der Waals surface area contributed by atoms with Crippen LogP contribution in [0.1, 0.15) is 16.1 Å². The molecular weight excluding hydrogens is 248 g/mol. The summed E-state index contributed by atoms with van der Waals surface area (Å²) in [5.41, 5.74) is 8.32. The van der Waals surface area contributed by atoms with Gasteiger partial charge in [0.25, 0.3) is 0 Å². The molecule has 0 aliphatic heterocycles. The first kappa shape index (κ1) is 12.7. The Morgan fingerprint density at radius 3 is 2.67 bits per heavy atom. The monoisotopic (exact) mass is 264 g/mol. The van der Waals surface area contributed by atoms with E-state index >= 15 is 0 Å². The Labute approximate surface area is 110 Å². The molecule has 1 aromatic heterocycles. The van der Waals surface area contributed by atoms with Crippen molar-refractivity contribution in [3.63, 3.8) is 0 Å². The summed E-state index contributed by atoms with van der Waals surface area (Å²) in [7, 11) is 1.60. The predicted octanol–water partition coefficient (Wildman–Crippen LogP) is 2.17. The summed E-state index contributed by atoms with van der Waals surface area (Å²) in [6.45, 7) is 4.42. The van der Waals surface area contributed by atoms with Crippen LogP contribution in [0.4, 0.5) is 5.69 Å². The minimum Gasteiger partial charge on any atom is -0.496 e. The number of hydrogen-bond donors (Lipinski definition) is 1. The Kier molecular flexibility index (Phi) is 3.43. The van der Waals surface area contributed by atoms with E-state index in [1.807, 2.05) is 26.0 Å². The normalized spacial score (nSPS) is 10.6. The molecule has 0 bridgehead atoms. The molecule has 2 aromatic rings. The van der Waals surface area contributed by atoms with Crippen LogP contribution in [0.3, 0.4) is 0 Å². The van der Waals surface area contributed by atoms with Crippen molar-refractivity contribution in [1.29, 1.82) is 0 Å². The first-order chi connectivity index (χ1) is 8.52. The van der Waals surface area contributed by atoms with Crippen LogP contribution in [0.15, 0.2) is 23.0 Å². The number of benzene rings is 1. The number of aromatic nitrogens is 1. The van der Waals surface area contributed by atoms with Gasteiger partial charge in [0, 0.05) is 27.9 Å². The topological polar surface area (TPSA) is 57.2 Å². The van der Waals surface area contributed by atoms with E-state index < -0.39 is 0 Å². The van der Waals surface area contributed by atoms with Crippen LogP contribution in [0.25, 0.3) is 0 Å². The van der Waals surface area contributed by atoms with E-state index in [4.69, 9.17) is 10.5 Å². The van der Waals surface area contributed by atoms with Crippen LogP contribution in [0.5, 0.6) is 5.75 Å². The van der Waals surface area contributed by atoms with Gasteiger partial charge in [-0.15, -0.1) is 0 Å². The summed E-state index contributed by atoms with van der Waals surface area (Å²) < 4.78 is 7.05. The molecule has 96 valence electrons. The second kappa shape index (κ2) is 4.86. The molecular formula is C13H16N2O2S. The molecule has 0 amide bonds. The molecule has 0 radical (unpaired) electrons. The highest BCUT2D eigenvalue weighted by Crippen LogP contribution is 2.23. The molecule has 2 N–H and O–H groups in total. The van der Waals surface area contributed by atoms with Gasteiger partial charge in [-0.2, -0.15) is 0 Å². The zero-order valence-electron chi connectivity index (χ0n) is 10.7. The Balaban J connectivity index is 2.43. The van der Waals surface area contributed by atoms with E-state index in [-0.39, 0.29) is 4.87 Å². The lowest BCUT2D eigenvalue weighted by atomic mass is 10.1. The van der Waals surface area contributed by atoms with Gasteiger partial charge < -0.3 is 10.5 Å². The van der Waals surface area contributed by atoms with E-state index in [0.29, 0.717) is 18.0 Å². The number of thiazole rings is 1. The number of aryl methyl sites for hydroxylation is 1. The maximum atomic E-state index is 11.8. The zero-order chi connectivity index (χ0) is 13.3. The highest BCUT2D eigenvalue weighted by molar-refractivity contribution is 7.09. The molecule has 1 aromatic carbocycles. The van der Waals surface area contributed by atoms with Crippen LogP contribution >= 0.6 is 11.3 Å². The third-order valence-electron chi connectivity index (χ3n) is 3.01. The Hall–Kier alpha value is -1.75. The predicted molar refractivity (Wildman–Crippen MR) is 74.6 cm³/mol. The molecule has 5 heteroatoms. The average Bonchev–Trinajstić information content (AvgIpc) is 2.58. The van der Waals surface area contributed by atoms with Gasteiger partial charge in [-0.1, -0.05) is 17.4 Å². The summed E-state index contributed by atoms with van der Waals surface area (Å²) in [5.74, 6) is 0.713. The molecule has 0 saturated heterocycles. The largest absolute Gasteiger partial charge is 0.496 e. The Morgan fingerprint density at radius 1 is 1.39 bits per heavy atom. The van der Waals surface area contributed by atoms with E-state index in [0.717, 1.165) is 16.1 Å². The van der Waals surface area contributed by atoms with Gasteiger partial charge >= 0.3 is 4.87 Å². The van der Waals surface area contributed by atoms with Gasteiger partial charge in [0.05, 0.1) is 13.7 Å². The molecule has 0 atom stereocenters. The first-order valence-electron chi connectivity index (χ1n) is 5.62. The molecule has 0 aliphatic rings. The van der Waals surface area contributed by atoms with Crippen LogP contribution < -0.4 is 15.3 Å². The number of nitrogen functional groups attached to an aromatic ring is 1. The zero-order valence-corrected chi connectivity index (χ0v) is 11.5. The second-order valence-electron chi connectivity index (χ2n) is 4.17. The van der Waals surface area contributed by atoms with Crippen molar-refractivity contribution in [2.45, 2.75) is 20.4 Å². The lowest BCUT2D eigenvalue weighted by Crippen LogP contribution is -2.15. The van der Waals surface area contributed by atoms with E-state index in [2.05, 4.69) is 0 Å². The number of hydrogen-bond acceptors (Lipinski definition) is 4. The van der Waals surface area contributed by atoms with E-state index in [1.165, 1.54) is 11.3 Å². The highest BCUT2D eigenvalue weighted by atomic mass is 32.1. The fraction of sp³-hybridized carbons (Fsp3) is 0.308. The molecule has 18 heavy (non-hydrogen) atoms. The molecule has 1 heterocycles. The summed E-state index contributed by atoms with van der Waals surface area (Å²) >= 11 is 1.27. The van der Waals surface area contributed by atoms with Crippen molar-refractivity contribution in [2.24, 2.45) is 0 Å². The number of nitrogens with zero attached hydrogens (tertiary/aromatic N) is 1. The van der Waals surface area contributed by atoms with Gasteiger partial charge in [-0.25, -0.2) is 0 Å². The van der Waals surface area contributed by atoms with Gasteiger partial charge in [0.2, 0.25) is 0 Å². The molecule has 0 spiro atoms. The van der Waals surface area contributed by atoms with E-state index in [9.17, 15) is 4.79 Å². The quantitative estimate of drug-likeness (QED) is 0.864. The molecule has 0 saturated carbocycles. The fourth-order valence-corrected chi connectivity index (χ4v) is 2.66. The van der Waals surface area contributed by atoms with Gasteiger partial charge in [-0.3, -0.25) is 9.36 Å². The maximum Gasteiger partial charge on any atom is 0.307 e. The van der Waals surface area contributed by atoms with Gasteiger partial charge in [0.15, 0.2) is 0 Å². The Morgan fingerprint density at radius 2 is 2.11 bits per heavy atom. The number of nitrogens with two attached hydrogens (primary N) is 1. The van der Waals surface area contributed by atoms with Crippen molar-refractivity contribution < 1.29 is 4.74 Å². The van der Waals surface area contributed by atoms with Crippen molar-refractivity contribution in [3.05, 3.63) is 44.0 Å². The third kappa shape index (κ3) is 2.26. The van der Waals surface area contributed by atoms with Crippen molar-refractivity contribution >= 4 is 17.0 Å². The number of ether oxygens (including phenoxy) is 1. The summed E-state index contributed by atoms with van der Waals surface area (Å²) in [6, 6.07) is 5.49. The van der Waals surface area contributed by atoms with Crippen LogP contribution in [-0.2, 0) is 6.54 Å². The standard InChI is InChI=1S/C13H16N2O2S/c1-8-9(2)18-13(16)15(8)7-10-4-5-11(14)6-12(10)17-3/h4-6H,7,14H2,1-3H3. The third-order valence-corrected chi connectivity index (χ3v) is 4.01. The number of rotatable bonds is 3. The SMILES string of the molecule is COc1cc(N)ccc1Cn1c(C)c(C)sc1=O. The summed E-state index contributed by atoms with van der Waals surface area (Å²) in [5, 5.41) is 0.